The van der Waals surface area contributed by atoms with E-state index in [1.54, 1.807) is 18.2 Å². The summed E-state index contributed by atoms with van der Waals surface area (Å²) < 4.78 is 5.50. The first-order valence-corrected chi connectivity index (χ1v) is 6.81. The van der Waals surface area contributed by atoms with Crippen molar-refractivity contribution in [1.82, 2.24) is 0 Å². The van der Waals surface area contributed by atoms with Gasteiger partial charge in [-0.1, -0.05) is 53.5 Å². The molecule has 0 aliphatic heterocycles. The van der Waals surface area contributed by atoms with Gasteiger partial charge in [0.25, 0.3) is 0 Å². The highest BCUT2D eigenvalue weighted by molar-refractivity contribution is 6.34. The normalized spacial score (nSPS) is 11.4. The van der Waals surface area contributed by atoms with Crippen LogP contribution < -0.4 is 10.5 Å². The Balaban J connectivity index is 1.91. The maximum absolute atomic E-state index is 5.99. The highest BCUT2D eigenvalue weighted by Crippen LogP contribution is 2.27. The highest BCUT2D eigenvalue weighted by atomic mass is 35.5. The zero-order valence-corrected chi connectivity index (χ0v) is 12.2. The standard InChI is InChI=1S/C15H14Cl2N2O/c16-12-6-7-13(17)14(8-12)20-10-15(18)19-9-11-4-2-1-3-5-11/h1-8H,9-10H2,(H2,18,19). The van der Waals surface area contributed by atoms with Gasteiger partial charge in [-0.3, -0.25) is 4.99 Å². The lowest BCUT2D eigenvalue weighted by molar-refractivity contribution is 0.375. The third-order valence-electron chi connectivity index (χ3n) is 2.58. The van der Waals surface area contributed by atoms with Crippen LogP contribution in [0, 0.1) is 0 Å². The summed E-state index contributed by atoms with van der Waals surface area (Å²) in [6, 6.07) is 14.9. The number of halogens is 2. The molecular formula is C15H14Cl2N2O. The van der Waals surface area contributed by atoms with Gasteiger partial charge in [-0.25, -0.2) is 0 Å². The predicted molar refractivity (Wildman–Crippen MR) is 83.7 cm³/mol. The Kier molecular flexibility index (Phi) is 5.27. The van der Waals surface area contributed by atoms with Crippen LogP contribution in [0.4, 0.5) is 0 Å². The van der Waals surface area contributed by atoms with Gasteiger partial charge < -0.3 is 10.5 Å². The smallest absolute Gasteiger partial charge is 0.145 e. The van der Waals surface area contributed by atoms with Crippen LogP contribution in [0.25, 0.3) is 0 Å². The second kappa shape index (κ2) is 7.17. The molecular weight excluding hydrogens is 295 g/mol. The van der Waals surface area contributed by atoms with Gasteiger partial charge in [0.05, 0.1) is 11.6 Å². The van der Waals surface area contributed by atoms with E-state index in [1.807, 2.05) is 30.3 Å². The van der Waals surface area contributed by atoms with Crippen LogP contribution >= 0.6 is 23.2 Å². The summed E-state index contributed by atoms with van der Waals surface area (Å²) >= 11 is 11.9. The first kappa shape index (κ1) is 14.7. The van der Waals surface area contributed by atoms with Crippen molar-refractivity contribution >= 4 is 29.0 Å². The van der Waals surface area contributed by atoms with Crippen LogP contribution in [0.5, 0.6) is 5.75 Å². The Morgan fingerprint density at radius 3 is 2.60 bits per heavy atom. The zero-order valence-electron chi connectivity index (χ0n) is 10.7. The van der Waals surface area contributed by atoms with Crippen molar-refractivity contribution in [2.75, 3.05) is 6.61 Å². The summed E-state index contributed by atoms with van der Waals surface area (Å²) in [4.78, 5) is 4.25. The topological polar surface area (TPSA) is 47.6 Å². The molecule has 2 rings (SSSR count). The van der Waals surface area contributed by atoms with E-state index >= 15 is 0 Å². The van der Waals surface area contributed by atoms with Crippen LogP contribution in [0.15, 0.2) is 53.5 Å². The Labute approximate surface area is 128 Å². The van der Waals surface area contributed by atoms with Gasteiger partial charge >= 0.3 is 0 Å². The first-order chi connectivity index (χ1) is 9.65. The second-order valence-corrected chi connectivity index (χ2v) is 5.00. The van der Waals surface area contributed by atoms with Crippen molar-refractivity contribution in [1.29, 1.82) is 0 Å². The number of hydrogen-bond donors (Lipinski definition) is 1. The van der Waals surface area contributed by atoms with E-state index in [2.05, 4.69) is 4.99 Å². The summed E-state index contributed by atoms with van der Waals surface area (Å²) in [5.41, 5.74) is 6.90. The summed E-state index contributed by atoms with van der Waals surface area (Å²) in [6.45, 7) is 0.701. The number of benzene rings is 2. The molecule has 0 aliphatic rings. The average molecular weight is 309 g/mol. The van der Waals surface area contributed by atoms with Gasteiger partial charge in [0, 0.05) is 11.1 Å². The predicted octanol–water partition coefficient (Wildman–Crippen LogP) is 3.93. The first-order valence-electron chi connectivity index (χ1n) is 6.06. The maximum Gasteiger partial charge on any atom is 0.145 e. The van der Waals surface area contributed by atoms with Gasteiger partial charge in [0.2, 0.25) is 0 Å². The number of nitrogens with zero attached hydrogens (tertiary/aromatic N) is 1. The Morgan fingerprint density at radius 1 is 1.10 bits per heavy atom. The minimum absolute atomic E-state index is 0.174. The number of rotatable bonds is 5. The lowest BCUT2D eigenvalue weighted by Crippen LogP contribution is -2.21. The minimum atomic E-state index is 0.174. The molecule has 0 saturated heterocycles. The van der Waals surface area contributed by atoms with Crippen molar-refractivity contribution in [2.45, 2.75) is 6.54 Å². The number of aliphatic imine (C=N–C) groups is 1. The summed E-state index contributed by atoms with van der Waals surface area (Å²) in [5.74, 6) is 0.905. The molecule has 0 saturated carbocycles. The van der Waals surface area contributed by atoms with E-state index < -0.39 is 0 Å². The molecule has 2 N–H and O–H groups in total. The van der Waals surface area contributed by atoms with Crippen LogP contribution in [-0.4, -0.2) is 12.4 Å². The molecule has 5 heteroatoms. The molecule has 0 unspecified atom stereocenters. The van der Waals surface area contributed by atoms with Gasteiger partial charge in [-0.15, -0.1) is 0 Å². The summed E-state index contributed by atoms with van der Waals surface area (Å²) in [5, 5.41) is 1.05. The van der Waals surface area contributed by atoms with E-state index in [1.165, 1.54) is 0 Å². The molecule has 20 heavy (non-hydrogen) atoms. The number of hydrogen-bond acceptors (Lipinski definition) is 2. The quantitative estimate of drug-likeness (QED) is 0.672. The van der Waals surface area contributed by atoms with E-state index in [0.717, 1.165) is 5.56 Å². The molecule has 0 aromatic heterocycles. The molecule has 0 heterocycles. The fourth-order valence-electron chi connectivity index (χ4n) is 1.56. The molecule has 104 valence electrons. The molecule has 0 bridgehead atoms. The van der Waals surface area contributed by atoms with Crippen molar-refractivity contribution in [2.24, 2.45) is 10.7 Å². The molecule has 2 aromatic rings. The van der Waals surface area contributed by atoms with E-state index in [9.17, 15) is 0 Å². The van der Waals surface area contributed by atoms with Gasteiger partial charge in [-0.05, 0) is 17.7 Å². The maximum atomic E-state index is 5.99. The van der Waals surface area contributed by atoms with E-state index in [-0.39, 0.29) is 6.61 Å². The minimum Gasteiger partial charge on any atom is -0.484 e. The van der Waals surface area contributed by atoms with E-state index in [4.69, 9.17) is 33.7 Å². The third kappa shape index (κ3) is 4.44. The zero-order chi connectivity index (χ0) is 14.4. The SMILES string of the molecule is NC(COc1cc(Cl)ccc1Cl)=NCc1ccccc1. The molecule has 0 atom stereocenters. The Hall–Kier alpha value is -1.71. The lowest BCUT2D eigenvalue weighted by atomic mass is 10.2. The summed E-state index contributed by atoms with van der Waals surface area (Å²) in [6.07, 6.45) is 0. The summed E-state index contributed by atoms with van der Waals surface area (Å²) in [7, 11) is 0. The molecule has 0 fully saturated rings. The van der Waals surface area contributed by atoms with Crippen molar-refractivity contribution in [3.05, 3.63) is 64.1 Å². The number of amidine groups is 1. The number of nitrogens with two attached hydrogens (primary N) is 1. The largest absolute Gasteiger partial charge is 0.484 e. The average Bonchev–Trinajstić information content (AvgIpc) is 2.47. The molecule has 0 aliphatic carbocycles. The van der Waals surface area contributed by atoms with Crippen LogP contribution in [0.2, 0.25) is 10.0 Å². The second-order valence-electron chi connectivity index (χ2n) is 4.16. The van der Waals surface area contributed by atoms with Gasteiger partial charge in [-0.2, -0.15) is 0 Å². The lowest BCUT2D eigenvalue weighted by Gasteiger charge is -2.08. The van der Waals surface area contributed by atoms with Gasteiger partial charge in [0.1, 0.15) is 18.2 Å². The molecule has 0 spiro atoms. The van der Waals surface area contributed by atoms with Crippen molar-refractivity contribution in [3.8, 4) is 5.75 Å². The van der Waals surface area contributed by atoms with Crippen LogP contribution in [0.1, 0.15) is 5.56 Å². The Morgan fingerprint density at radius 2 is 1.85 bits per heavy atom. The van der Waals surface area contributed by atoms with Crippen LogP contribution in [0.3, 0.4) is 0 Å². The molecule has 2 aromatic carbocycles. The number of ether oxygens (including phenoxy) is 1. The van der Waals surface area contributed by atoms with Crippen molar-refractivity contribution in [3.63, 3.8) is 0 Å². The fourth-order valence-corrected chi connectivity index (χ4v) is 1.90. The van der Waals surface area contributed by atoms with Crippen molar-refractivity contribution < 1.29 is 4.74 Å². The Bertz CT molecular complexity index is 600. The molecule has 0 amide bonds. The van der Waals surface area contributed by atoms with E-state index in [0.29, 0.717) is 28.2 Å². The molecule has 0 radical (unpaired) electrons. The molecule has 3 nitrogen and oxygen atoms in total. The third-order valence-corrected chi connectivity index (χ3v) is 3.12. The van der Waals surface area contributed by atoms with Gasteiger partial charge in [0.15, 0.2) is 0 Å². The van der Waals surface area contributed by atoms with Crippen LogP contribution in [-0.2, 0) is 6.54 Å². The monoisotopic (exact) mass is 308 g/mol. The highest BCUT2D eigenvalue weighted by Gasteiger charge is 2.03. The fraction of sp³-hybridized carbons (Fsp3) is 0.133.